The number of hydrogen-bond acceptors (Lipinski definition) is 5. The topological polar surface area (TPSA) is 96.1 Å². The van der Waals surface area contributed by atoms with Crippen molar-refractivity contribution in [2.75, 3.05) is 5.32 Å². The lowest BCUT2D eigenvalue weighted by Crippen LogP contribution is -2.45. The van der Waals surface area contributed by atoms with Crippen LogP contribution in [0.4, 0.5) is 9.93 Å². The van der Waals surface area contributed by atoms with Gasteiger partial charge in [0.1, 0.15) is 12.6 Å². The number of fused-ring (bicyclic) bond motifs is 1. The highest BCUT2D eigenvalue weighted by Crippen LogP contribution is 2.23. The van der Waals surface area contributed by atoms with Crippen LogP contribution in [0.2, 0.25) is 0 Å². The number of nitrogens with one attached hydrogen (secondary N) is 3. The Hall–Kier alpha value is -3.65. The quantitative estimate of drug-likeness (QED) is 0.334. The Morgan fingerprint density at radius 1 is 1.09 bits per heavy atom. The van der Waals surface area contributed by atoms with E-state index in [1.54, 1.807) is 0 Å². The van der Waals surface area contributed by atoms with Gasteiger partial charge in [-0.15, -0.1) is 11.3 Å². The highest BCUT2D eigenvalue weighted by molar-refractivity contribution is 7.13. The molecule has 0 radical (unpaired) electrons. The van der Waals surface area contributed by atoms with Gasteiger partial charge in [-0.05, 0) is 23.1 Å². The largest absolute Gasteiger partial charge is 0.445 e. The fraction of sp³-hybridized carbons (Fsp3) is 0.240. The van der Waals surface area contributed by atoms with Gasteiger partial charge in [-0.2, -0.15) is 0 Å². The number of hydrogen-bond donors (Lipinski definition) is 3. The zero-order valence-corrected chi connectivity index (χ0v) is 19.3. The van der Waals surface area contributed by atoms with Gasteiger partial charge in [0, 0.05) is 28.9 Å². The van der Waals surface area contributed by atoms with Gasteiger partial charge in [-0.1, -0.05) is 62.4 Å². The van der Waals surface area contributed by atoms with Crippen LogP contribution in [0.3, 0.4) is 0 Å². The maximum absolute atomic E-state index is 13.1. The third-order valence-corrected chi connectivity index (χ3v) is 6.04. The lowest BCUT2D eigenvalue weighted by atomic mass is 10.0. The average molecular weight is 463 g/mol. The standard InChI is InChI=1S/C25H26N4O3S/c1-16(2)22-15-33-24(27-22)29-23(30)21(12-18-13-26-20-11-7-6-10-19(18)20)28-25(31)32-14-17-8-4-3-5-9-17/h3-11,13,15-16,21,26H,12,14H2,1-2H3,(H,28,31)(H,27,29,30)/t21-/m0/s1. The molecule has 0 unspecified atom stereocenters. The second-order valence-corrected chi connectivity index (χ2v) is 8.90. The van der Waals surface area contributed by atoms with E-state index >= 15 is 0 Å². The zero-order valence-electron chi connectivity index (χ0n) is 18.5. The SMILES string of the molecule is CC(C)c1csc(NC(=O)[C@H](Cc2c[nH]c3ccccc23)NC(=O)OCc2ccccc2)n1. The van der Waals surface area contributed by atoms with Crippen LogP contribution in [0.25, 0.3) is 10.9 Å². The molecule has 0 aliphatic rings. The van der Waals surface area contributed by atoms with Gasteiger partial charge in [0.05, 0.1) is 5.69 Å². The zero-order chi connectivity index (χ0) is 23.2. The fourth-order valence-corrected chi connectivity index (χ4v) is 4.31. The summed E-state index contributed by atoms with van der Waals surface area (Å²) in [5, 5.41) is 9.01. The number of ether oxygens (including phenoxy) is 1. The molecule has 0 aliphatic carbocycles. The summed E-state index contributed by atoms with van der Waals surface area (Å²) < 4.78 is 5.35. The summed E-state index contributed by atoms with van der Waals surface area (Å²) in [6.07, 6.45) is 1.52. The number of aromatic amines is 1. The third-order valence-electron chi connectivity index (χ3n) is 5.26. The predicted molar refractivity (Wildman–Crippen MR) is 130 cm³/mol. The lowest BCUT2D eigenvalue weighted by molar-refractivity contribution is -0.118. The van der Waals surface area contributed by atoms with Gasteiger partial charge in [0.2, 0.25) is 5.91 Å². The highest BCUT2D eigenvalue weighted by atomic mass is 32.1. The first-order chi connectivity index (χ1) is 16.0. The van der Waals surface area contributed by atoms with Crippen molar-refractivity contribution >= 4 is 39.4 Å². The van der Waals surface area contributed by atoms with Crippen molar-refractivity contribution < 1.29 is 14.3 Å². The minimum Gasteiger partial charge on any atom is -0.445 e. The second-order valence-electron chi connectivity index (χ2n) is 8.04. The van der Waals surface area contributed by atoms with E-state index in [4.69, 9.17) is 4.74 Å². The van der Waals surface area contributed by atoms with Gasteiger partial charge in [-0.3, -0.25) is 4.79 Å². The van der Waals surface area contributed by atoms with Gasteiger partial charge in [0.25, 0.3) is 0 Å². The summed E-state index contributed by atoms with van der Waals surface area (Å²) in [4.78, 5) is 33.4. The molecule has 0 aliphatic heterocycles. The number of alkyl carbamates (subject to hydrolysis) is 1. The van der Waals surface area contributed by atoms with E-state index in [-0.39, 0.29) is 18.4 Å². The van der Waals surface area contributed by atoms with Crippen LogP contribution in [0.1, 0.15) is 36.6 Å². The second kappa shape index (κ2) is 10.3. The maximum atomic E-state index is 13.1. The van der Waals surface area contributed by atoms with E-state index in [0.29, 0.717) is 11.6 Å². The van der Waals surface area contributed by atoms with Crippen LogP contribution in [-0.4, -0.2) is 28.0 Å². The number of anilines is 1. The lowest BCUT2D eigenvalue weighted by Gasteiger charge is -2.17. The number of carbonyl (C=O) groups is 2. The molecule has 0 saturated heterocycles. The monoisotopic (exact) mass is 462 g/mol. The van der Waals surface area contributed by atoms with Crippen LogP contribution in [0, 0.1) is 0 Å². The van der Waals surface area contributed by atoms with Crippen molar-refractivity contribution in [3.05, 3.63) is 83.0 Å². The number of amides is 2. The molecule has 4 rings (SSSR count). The summed E-state index contributed by atoms with van der Waals surface area (Å²) in [5.41, 5.74) is 3.68. The summed E-state index contributed by atoms with van der Waals surface area (Å²) >= 11 is 1.37. The number of para-hydroxylation sites is 1. The first kappa shape index (κ1) is 22.5. The van der Waals surface area contributed by atoms with Crippen molar-refractivity contribution in [1.82, 2.24) is 15.3 Å². The van der Waals surface area contributed by atoms with Crippen molar-refractivity contribution in [3.8, 4) is 0 Å². The molecule has 2 heterocycles. The number of carbonyl (C=O) groups excluding carboxylic acids is 2. The molecular weight excluding hydrogens is 436 g/mol. The molecule has 1 atom stereocenters. The molecule has 0 fully saturated rings. The Bertz CT molecular complexity index is 1230. The van der Waals surface area contributed by atoms with Crippen LogP contribution in [0.5, 0.6) is 0 Å². The van der Waals surface area contributed by atoms with E-state index in [2.05, 4.69) is 20.6 Å². The molecule has 0 saturated carbocycles. The summed E-state index contributed by atoms with van der Waals surface area (Å²) in [7, 11) is 0. The number of aromatic nitrogens is 2. The molecule has 2 amide bonds. The van der Waals surface area contributed by atoms with Crippen molar-refractivity contribution in [3.63, 3.8) is 0 Å². The molecule has 170 valence electrons. The molecule has 0 spiro atoms. The summed E-state index contributed by atoms with van der Waals surface area (Å²) in [5.74, 6) is -0.0818. The van der Waals surface area contributed by atoms with Gasteiger partial charge in [-0.25, -0.2) is 9.78 Å². The van der Waals surface area contributed by atoms with Gasteiger partial charge >= 0.3 is 6.09 Å². The van der Waals surface area contributed by atoms with Crippen LogP contribution < -0.4 is 10.6 Å². The Kier molecular flexibility index (Phi) is 7.04. The third kappa shape index (κ3) is 5.78. The molecule has 3 N–H and O–H groups in total. The number of nitrogens with zero attached hydrogens (tertiary/aromatic N) is 1. The van der Waals surface area contributed by atoms with Gasteiger partial charge < -0.3 is 20.4 Å². The van der Waals surface area contributed by atoms with Crippen molar-refractivity contribution in [2.24, 2.45) is 0 Å². The molecule has 8 heteroatoms. The van der Waals surface area contributed by atoms with E-state index in [9.17, 15) is 9.59 Å². The predicted octanol–water partition coefficient (Wildman–Crippen LogP) is 5.22. The Labute approximate surface area is 196 Å². The normalized spacial score (nSPS) is 12.0. The van der Waals surface area contributed by atoms with Crippen molar-refractivity contribution in [2.45, 2.75) is 38.8 Å². The van der Waals surface area contributed by atoms with Crippen LogP contribution in [-0.2, 0) is 22.6 Å². The maximum Gasteiger partial charge on any atom is 0.408 e. The Balaban J connectivity index is 1.49. The van der Waals surface area contributed by atoms with Gasteiger partial charge in [0.15, 0.2) is 5.13 Å². The summed E-state index contributed by atoms with van der Waals surface area (Å²) in [6, 6.07) is 16.4. The molecule has 0 bridgehead atoms. The minimum atomic E-state index is -0.834. The molecular formula is C25H26N4O3S. The molecule has 33 heavy (non-hydrogen) atoms. The Morgan fingerprint density at radius 2 is 1.85 bits per heavy atom. The number of benzene rings is 2. The van der Waals surface area contributed by atoms with E-state index in [1.807, 2.05) is 80.0 Å². The number of thiazole rings is 1. The number of rotatable bonds is 8. The van der Waals surface area contributed by atoms with E-state index in [0.717, 1.165) is 27.7 Å². The van der Waals surface area contributed by atoms with Crippen LogP contribution in [0.15, 0.2) is 66.2 Å². The Morgan fingerprint density at radius 3 is 2.61 bits per heavy atom. The molecule has 2 aromatic carbocycles. The smallest absolute Gasteiger partial charge is 0.408 e. The summed E-state index contributed by atoms with van der Waals surface area (Å²) in [6.45, 7) is 4.22. The first-order valence-corrected chi connectivity index (χ1v) is 11.7. The van der Waals surface area contributed by atoms with E-state index < -0.39 is 12.1 Å². The fourth-order valence-electron chi connectivity index (χ4n) is 3.44. The highest BCUT2D eigenvalue weighted by Gasteiger charge is 2.24. The number of H-pyrrole nitrogens is 1. The van der Waals surface area contributed by atoms with E-state index in [1.165, 1.54) is 11.3 Å². The minimum absolute atomic E-state index is 0.123. The van der Waals surface area contributed by atoms with Crippen molar-refractivity contribution in [1.29, 1.82) is 0 Å². The molecule has 7 nitrogen and oxygen atoms in total. The molecule has 4 aromatic rings. The van der Waals surface area contributed by atoms with Crippen LogP contribution >= 0.6 is 11.3 Å². The molecule has 2 aromatic heterocycles. The average Bonchev–Trinajstić information content (AvgIpc) is 3.45. The first-order valence-electron chi connectivity index (χ1n) is 10.8.